The molecule has 0 bridgehead atoms. The number of para-hydroxylation sites is 1. The van der Waals surface area contributed by atoms with Crippen LogP contribution >= 0.6 is 11.6 Å². The van der Waals surface area contributed by atoms with Crippen LogP contribution in [-0.2, 0) is 0 Å². The van der Waals surface area contributed by atoms with E-state index in [1.807, 2.05) is 56.3 Å². The van der Waals surface area contributed by atoms with Crippen molar-refractivity contribution in [2.45, 2.75) is 19.2 Å². The minimum Gasteiger partial charge on any atom is -0.497 e. The molecular weight excluding hydrogens is 272 g/mol. The molecule has 2 nitrogen and oxygen atoms in total. The summed E-state index contributed by atoms with van der Waals surface area (Å²) in [6, 6.07) is 13.8. The highest BCUT2D eigenvalue weighted by Gasteiger charge is 2.17. The summed E-state index contributed by atoms with van der Waals surface area (Å²) in [5.41, 5.74) is 3.17. The number of methoxy groups -OCH3 is 1. The van der Waals surface area contributed by atoms with E-state index in [0.29, 0.717) is 6.61 Å². The average molecular weight is 291 g/mol. The van der Waals surface area contributed by atoms with E-state index in [1.165, 1.54) is 0 Å². The van der Waals surface area contributed by atoms with Gasteiger partial charge in [0, 0.05) is 5.56 Å². The number of halogens is 1. The van der Waals surface area contributed by atoms with Gasteiger partial charge in [-0.05, 0) is 43.2 Å². The lowest BCUT2D eigenvalue weighted by atomic mass is 9.99. The van der Waals surface area contributed by atoms with Crippen molar-refractivity contribution in [2.24, 2.45) is 0 Å². The number of hydrogen-bond acceptors (Lipinski definition) is 2. The quantitative estimate of drug-likeness (QED) is 0.741. The van der Waals surface area contributed by atoms with Gasteiger partial charge in [0.1, 0.15) is 11.5 Å². The van der Waals surface area contributed by atoms with Crippen molar-refractivity contribution in [3.8, 4) is 11.5 Å². The van der Waals surface area contributed by atoms with Crippen molar-refractivity contribution >= 4 is 11.6 Å². The number of hydrogen-bond donors (Lipinski definition) is 0. The maximum Gasteiger partial charge on any atom is 0.124 e. The highest BCUT2D eigenvalue weighted by atomic mass is 35.5. The molecule has 0 saturated heterocycles. The molecule has 1 unspecified atom stereocenters. The van der Waals surface area contributed by atoms with Crippen molar-refractivity contribution in [1.29, 1.82) is 0 Å². The van der Waals surface area contributed by atoms with E-state index < -0.39 is 0 Å². The molecule has 0 fully saturated rings. The maximum atomic E-state index is 6.65. The van der Waals surface area contributed by atoms with Crippen molar-refractivity contribution in [2.75, 3.05) is 13.7 Å². The van der Waals surface area contributed by atoms with Crippen molar-refractivity contribution in [3.63, 3.8) is 0 Å². The average Bonchev–Trinajstić information content (AvgIpc) is 2.47. The molecule has 0 aromatic heterocycles. The Labute approximate surface area is 125 Å². The highest BCUT2D eigenvalue weighted by Crippen LogP contribution is 2.37. The fourth-order valence-electron chi connectivity index (χ4n) is 2.20. The monoisotopic (exact) mass is 290 g/mol. The maximum absolute atomic E-state index is 6.65. The molecule has 0 saturated carbocycles. The largest absolute Gasteiger partial charge is 0.497 e. The normalized spacial score (nSPS) is 12.0. The van der Waals surface area contributed by atoms with Crippen LogP contribution in [-0.4, -0.2) is 13.7 Å². The molecule has 1 atom stereocenters. The molecule has 0 heterocycles. The van der Waals surface area contributed by atoms with Crippen LogP contribution in [0.2, 0.25) is 0 Å². The van der Waals surface area contributed by atoms with Gasteiger partial charge in [-0.2, -0.15) is 0 Å². The Bertz CT molecular complexity index is 581. The standard InChI is InChI=1S/C17H19ClO2/c1-4-20-16-8-6-5-7-15(16)17(18)14-10-9-13(19-3)11-12(14)2/h5-11,17H,4H2,1-3H3. The molecule has 106 valence electrons. The molecule has 0 aliphatic heterocycles. The van der Waals surface area contributed by atoms with E-state index in [9.17, 15) is 0 Å². The lowest BCUT2D eigenvalue weighted by molar-refractivity contribution is 0.337. The Balaban J connectivity index is 2.38. The first-order valence-corrected chi connectivity index (χ1v) is 7.11. The minimum atomic E-state index is -0.233. The minimum absolute atomic E-state index is 0.233. The van der Waals surface area contributed by atoms with E-state index in [1.54, 1.807) is 7.11 Å². The molecule has 2 aromatic carbocycles. The van der Waals surface area contributed by atoms with Gasteiger partial charge >= 0.3 is 0 Å². The first-order valence-electron chi connectivity index (χ1n) is 6.67. The summed E-state index contributed by atoms with van der Waals surface area (Å²) in [6.07, 6.45) is 0. The summed E-state index contributed by atoms with van der Waals surface area (Å²) in [5.74, 6) is 1.68. The van der Waals surface area contributed by atoms with Gasteiger partial charge in [0.05, 0.1) is 19.1 Å². The SMILES string of the molecule is CCOc1ccccc1C(Cl)c1ccc(OC)cc1C. The number of ether oxygens (including phenoxy) is 2. The van der Waals surface area contributed by atoms with Crippen LogP contribution in [0.5, 0.6) is 11.5 Å². The predicted molar refractivity (Wildman–Crippen MR) is 83.0 cm³/mol. The molecule has 2 aromatic rings. The van der Waals surface area contributed by atoms with Gasteiger partial charge in [-0.15, -0.1) is 11.6 Å². The second kappa shape index (κ2) is 6.67. The Morgan fingerprint density at radius 2 is 1.85 bits per heavy atom. The predicted octanol–water partition coefficient (Wildman–Crippen LogP) is 4.73. The molecule has 0 spiro atoms. The van der Waals surface area contributed by atoms with Crippen molar-refractivity contribution in [1.82, 2.24) is 0 Å². The van der Waals surface area contributed by atoms with Crippen LogP contribution < -0.4 is 9.47 Å². The van der Waals surface area contributed by atoms with Crippen molar-refractivity contribution < 1.29 is 9.47 Å². The van der Waals surface area contributed by atoms with Gasteiger partial charge in [-0.3, -0.25) is 0 Å². The fourth-order valence-corrected chi connectivity index (χ4v) is 2.63. The summed E-state index contributed by atoms with van der Waals surface area (Å²) in [7, 11) is 1.66. The molecule has 0 radical (unpaired) electrons. The molecular formula is C17H19ClO2. The Morgan fingerprint density at radius 3 is 2.50 bits per heavy atom. The van der Waals surface area contributed by atoms with Crippen molar-refractivity contribution in [3.05, 3.63) is 59.2 Å². The van der Waals surface area contributed by atoms with Gasteiger partial charge in [-0.1, -0.05) is 24.3 Å². The summed E-state index contributed by atoms with van der Waals surface area (Å²) in [4.78, 5) is 0. The summed E-state index contributed by atoms with van der Waals surface area (Å²) < 4.78 is 10.9. The second-order valence-corrected chi connectivity index (χ2v) is 4.99. The molecule has 2 rings (SSSR count). The van der Waals surface area contributed by atoms with E-state index in [0.717, 1.165) is 28.2 Å². The van der Waals surface area contributed by atoms with Crippen LogP contribution in [0.1, 0.15) is 29.0 Å². The van der Waals surface area contributed by atoms with Crippen LogP contribution in [0.15, 0.2) is 42.5 Å². The van der Waals surface area contributed by atoms with E-state index in [2.05, 4.69) is 0 Å². The highest BCUT2D eigenvalue weighted by molar-refractivity contribution is 6.23. The molecule has 0 aliphatic rings. The first-order chi connectivity index (χ1) is 9.67. The van der Waals surface area contributed by atoms with Crippen LogP contribution in [0.4, 0.5) is 0 Å². The first kappa shape index (κ1) is 14.7. The smallest absolute Gasteiger partial charge is 0.124 e. The summed E-state index contributed by atoms with van der Waals surface area (Å²) in [5, 5.41) is -0.233. The van der Waals surface area contributed by atoms with E-state index in [-0.39, 0.29) is 5.38 Å². The number of rotatable bonds is 5. The topological polar surface area (TPSA) is 18.5 Å². The Morgan fingerprint density at radius 1 is 1.10 bits per heavy atom. The second-order valence-electron chi connectivity index (χ2n) is 4.56. The Kier molecular flexibility index (Phi) is 4.91. The molecule has 0 N–H and O–H groups in total. The lowest BCUT2D eigenvalue weighted by Crippen LogP contribution is -2.01. The fraction of sp³-hybridized carbons (Fsp3) is 0.294. The van der Waals surface area contributed by atoms with Crippen LogP contribution in [0, 0.1) is 6.92 Å². The summed E-state index contributed by atoms with van der Waals surface area (Å²) in [6.45, 7) is 4.64. The molecule has 20 heavy (non-hydrogen) atoms. The molecule has 0 amide bonds. The number of alkyl halides is 1. The van der Waals surface area contributed by atoms with Gasteiger partial charge in [0.2, 0.25) is 0 Å². The third kappa shape index (κ3) is 3.07. The van der Waals surface area contributed by atoms with E-state index >= 15 is 0 Å². The zero-order valence-corrected chi connectivity index (χ0v) is 12.8. The Hall–Kier alpha value is -1.67. The summed E-state index contributed by atoms with van der Waals surface area (Å²) >= 11 is 6.65. The number of benzene rings is 2. The number of aryl methyl sites for hydroxylation is 1. The van der Waals surface area contributed by atoms with Gasteiger partial charge < -0.3 is 9.47 Å². The van der Waals surface area contributed by atoms with Crippen LogP contribution in [0.25, 0.3) is 0 Å². The van der Waals surface area contributed by atoms with Gasteiger partial charge in [0.15, 0.2) is 0 Å². The molecule has 0 aliphatic carbocycles. The molecule has 3 heteroatoms. The zero-order valence-electron chi connectivity index (χ0n) is 12.0. The van der Waals surface area contributed by atoms with Crippen LogP contribution in [0.3, 0.4) is 0 Å². The zero-order chi connectivity index (χ0) is 14.5. The third-order valence-electron chi connectivity index (χ3n) is 3.24. The lowest BCUT2D eigenvalue weighted by Gasteiger charge is -2.17. The van der Waals surface area contributed by atoms with Gasteiger partial charge in [0.25, 0.3) is 0 Å². The van der Waals surface area contributed by atoms with Gasteiger partial charge in [-0.25, -0.2) is 0 Å². The third-order valence-corrected chi connectivity index (χ3v) is 3.71. The van der Waals surface area contributed by atoms with E-state index in [4.69, 9.17) is 21.1 Å².